The van der Waals surface area contributed by atoms with Crippen molar-refractivity contribution < 1.29 is 27.4 Å². The van der Waals surface area contributed by atoms with Crippen LogP contribution in [0.3, 0.4) is 0 Å². The minimum atomic E-state index is -4.90. The summed E-state index contributed by atoms with van der Waals surface area (Å²) in [6.07, 6.45) is -5.05. The van der Waals surface area contributed by atoms with E-state index >= 15 is 0 Å². The molecule has 0 aliphatic heterocycles. The van der Waals surface area contributed by atoms with Crippen LogP contribution in [0.25, 0.3) is 0 Å². The maximum Gasteiger partial charge on any atom is 0.573 e. The lowest BCUT2D eigenvalue weighted by atomic mass is 10.1. The molecule has 0 saturated carbocycles. The molecule has 1 aromatic rings. The summed E-state index contributed by atoms with van der Waals surface area (Å²) in [7, 11) is 0. The number of nitriles is 1. The Labute approximate surface area is 121 Å². The average molecular weight is 352 g/mol. The second kappa shape index (κ2) is 6.61. The second-order valence-corrected chi connectivity index (χ2v) is 4.35. The quantitative estimate of drug-likeness (QED) is 0.780. The van der Waals surface area contributed by atoms with Crippen LogP contribution in [0.1, 0.15) is 18.1 Å². The summed E-state index contributed by atoms with van der Waals surface area (Å²) < 4.78 is 45.1. The molecular weight excluding hydrogens is 343 g/mol. The Hall–Kier alpha value is -1.75. The number of carbonyl (C=O) groups is 1. The first-order valence-corrected chi connectivity index (χ1v) is 6.20. The van der Waals surface area contributed by atoms with Crippen LogP contribution in [0.2, 0.25) is 0 Å². The summed E-state index contributed by atoms with van der Waals surface area (Å²) in [6.45, 7) is 1.82. The van der Waals surface area contributed by atoms with Crippen molar-refractivity contribution in [2.24, 2.45) is 0 Å². The number of carbonyl (C=O) groups excluding carboxylic acids is 1. The average Bonchev–Trinajstić information content (AvgIpc) is 2.31. The Balaban J connectivity index is 3.09. The Morgan fingerprint density at radius 3 is 2.60 bits per heavy atom. The second-order valence-electron chi connectivity index (χ2n) is 3.55. The zero-order valence-electron chi connectivity index (χ0n) is 10.3. The number of ether oxygens (including phenoxy) is 2. The molecular formula is C12H9BrF3NO3. The predicted octanol–water partition coefficient (Wildman–Crippen LogP) is 3.32. The van der Waals surface area contributed by atoms with Crippen LogP contribution in [-0.2, 0) is 16.0 Å². The first kappa shape index (κ1) is 16.3. The van der Waals surface area contributed by atoms with Gasteiger partial charge < -0.3 is 9.47 Å². The van der Waals surface area contributed by atoms with E-state index in [1.54, 1.807) is 13.0 Å². The Morgan fingerprint density at radius 1 is 1.45 bits per heavy atom. The normalized spacial score (nSPS) is 10.8. The van der Waals surface area contributed by atoms with E-state index in [0.29, 0.717) is 5.56 Å². The van der Waals surface area contributed by atoms with Gasteiger partial charge in [-0.3, -0.25) is 4.79 Å². The maximum atomic E-state index is 12.2. The number of esters is 1. The molecule has 20 heavy (non-hydrogen) atoms. The Morgan fingerprint density at radius 2 is 2.10 bits per heavy atom. The largest absolute Gasteiger partial charge is 0.573 e. The molecule has 8 heteroatoms. The van der Waals surface area contributed by atoms with Crippen LogP contribution in [0, 0.1) is 11.3 Å². The molecule has 0 atom stereocenters. The minimum Gasteiger partial charge on any atom is -0.466 e. The third-order valence-electron chi connectivity index (χ3n) is 2.16. The number of hydrogen-bond acceptors (Lipinski definition) is 4. The smallest absolute Gasteiger partial charge is 0.466 e. The van der Waals surface area contributed by atoms with Gasteiger partial charge in [0.05, 0.1) is 13.0 Å². The van der Waals surface area contributed by atoms with Crippen molar-refractivity contribution in [1.82, 2.24) is 0 Å². The zero-order valence-corrected chi connectivity index (χ0v) is 11.8. The zero-order chi connectivity index (χ0) is 15.3. The number of nitrogens with zero attached hydrogens (tertiary/aromatic N) is 1. The third kappa shape index (κ3) is 4.42. The van der Waals surface area contributed by atoms with E-state index in [1.165, 1.54) is 6.07 Å². The van der Waals surface area contributed by atoms with Gasteiger partial charge >= 0.3 is 12.3 Å². The highest BCUT2D eigenvalue weighted by molar-refractivity contribution is 9.10. The van der Waals surface area contributed by atoms with Gasteiger partial charge in [0.25, 0.3) is 0 Å². The van der Waals surface area contributed by atoms with Crippen molar-refractivity contribution in [1.29, 1.82) is 5.26 Å². The summed E-state index contributed by atoms with van der Waals surface area (Å²) in [5.74, 6) is -1.17. The van der Waals surface area contributed by atoms with Crippen LogP contribution < -0.4 is 4.74 Å². The first-order chi connectivity index (χ1) is 9.28. The molecule has 1 rings (SSSR count). The molecule has 0 aliphatic carbocycles. The highest BCUT2D eigenvalue weighted by Gasteiger charge is 2.33. The van der Waals surface area contributed by atoms with Crippen LogP contribution in [-0.4, -0.2) is 18.9 Å². The monoisotopic (exact) mass is 351 g/mol. The van der Waals surface area contributed by atoms with Crippen LogP contribution in [0.15, 0.2) is 16.6 Å². The summed E-state index contributed by atoms with van der Waals surface area (Å²) in [6, 6.07) is 3.87. The molecule has 0 aliphatic rings. The van der Waals surface area contributed by atoms with E-state index < -0.39 is 18.1 Å². The molecule has 108 valence electrons. The van der Waals surface area contributed by atoms with E-state index in [4.69, 9.17) is 10.00 Å². The van der Waals surface area contributed by atoms with E-state index in [-0.39, 0.29) is 23.1 Å². The number of hydrogen-bond donors (Lipinski definition) is 0. The molecule has 0 spiro atoms. The fraction of sp³-hybridized carbons (Fsp3) is 0.333. The molecule has 4 nitrogen and oxygen atoms in total. The first-order valence-electron chi connectivity index (χ1n) is 5.41. The van der Waals surface area contributed by atoms with Crippen molar-refractivity contribution in [3.8, 4) is 11.8 Å². The Kier molecular flexibility index (Phi) is 5.39. The van der Waals surface area contributed by atoms with E-state index in [9.17, 15) is 18.0 Å². The fourth-order valence-corrected chi connectivity index (χ4v) is 1.98. The summed E-state index contributed by atoms with van der Waals surface area (Å²) >= 11 is 3.00. The topological polar surface area (TPSA) is 59.3 Å². The van der Waals surface area contributed by atoms with Crippen molar-refractivity contribution in [3.63, 3.8) is 0 Å². The van der Waals surface area contributed by atoms with E-state index in [0.717, 1.165) is 6.07 Å². The van der Waals surface area contributed by atoms with Gasteiger partial charge in [0, 0.05) is 4.47 Å². The van der Waals surface area contributed by atoms with Crippen molar-refractivity contribution >= 4 is 21.9 Å². The highest BCUT2D eigenvalue weighted by atomic mass is 79.9. The third-order valence-corrected chi connectivity index (χ3v) is 3.07. The molecule has 0 N–H and O–H groups in total. The molecule has 0 radical (unpaired) electrons. The SMILES string of the molecule is CCOC(=O)Cc1ccc(OC(F)(F)F)c(C#N)c1Br. The predicted molar refractivity (Wildman–Crippen MR) is 65.9 cm³/mol. The highest BCUT2D eigenvalue weighted by Crippen LogP contribution is 2.33. The van der Waals surface area contributed by atoms with Crippen molar-refractivity contribution in [3.05, 3.63) is 27.7 Å². The standard InChI is InChI=1S/C12H9BrF3NO3/c1-2-19-10(18)5-7-3-4-9(20-12(14,15)16)8(6-17)11(7)13/h3-4H,2,5H2,1H3. The van der Waals surface area contributed by atoms with Gasteiger partial charge in [-0.1, -0.05) is 6.07 Å². The Bertz CT molecular complexity index is 552. The lowest BCUT2D eigenvalue weighted by molar-refractivity contribution is -0.274. The van der Waals surface area contributed by atoms with E-state index in [1.807, 2.05) is 0 Å². The lowest BCUT2D eigenvalue weighted by Crippen LogP contribution is -2.18. The molecule has 0 bridgehead atoms. The van der Waals surface area contributed by atoms with Crippen LogP contribution in [0.5, 0.6) is 5.75 Å². The number of halogens is 4. The van der Waals surface area contributed by atoms with Crippen molar-refractivity contribution in [2.45, 2.75) is 19.7 Å². The van der Waals surface area contributed by atoms with Crippen molar-refractivity contribution in [2.75, 3.05) is 6.61 Å². The lowest BCUT2D eigenvalue weighted by Gasteiger charge is -2.13. The number of benzene rings is 1. The molecule has 0 aromatic heterocycles. The molecule has 1 aromatic carbocycles. The minimum absolute atomic E-state index is 0.0785. The van der Waals surface area contributed by atoms with E-state index in [2.05, 4.69) is 20.7 Å². The van der Waals surface area contributed by atoms with Gasteiger partial charge in [-0.2, -0.15) is 5.26 Å². The summed E-state index contributed by atoms with van der Waals surface area (Å²) in [5.41, 5.74) is 0.0126. The van der Waals surface area contributed by atoms with Gasteiger partial charge in [-0.05, 0) is 34.5 Å². The van der Waals surface area contributed by atoms with Gasteiger partial charge in [-0.15, -0.1) is 13.2 Å². The van der Waals surface area contributed by atoms with Gasteiger partial charge in [0.1, 0.15) is 17.4 Å². The molecule has 0 heterocycles. The molecule has 0 amide bonds. The number of rotatable bonds is 4. The fourth-order valence-electron chi connectivity index (χ4n) is 1.42. The van der Waals surface area contributed by atoms with Gasteiger partial charge in [0.2, 0.25) is 0 Å². The van der Waals surface area contributed by atoms with Gasteiger partial charge in [0.15, 0.2) is 0 Å². The van der Waals surface area contributed by atoms with Crippen LogP contribution in [0.4, 0.5) is 13.2 Å². The maximum absolute atomic E-state index is 12.2. The molecule has 0 saturated heterocycles. The summed E-state index contributed by atoms with van der Waals surface area (Å²) in [5, 5.41) is 8.91. The molecule has 0 fully saturated rings. The number of alkyl halides is 3. The summed E-state index contributed by atoms with van der Waals surface area (Å²) in [4.78, 5) is 11.3. The molecule has 0 unspecified atom stereocenters. The van der Waals surface area contributed by atoms with Crippen LogP contribution >= 0.6 is 15.9 Å². The van der Waals surface area contributed by atoms with Gasteiger partial charge in [-0.25, -0.2) is 0 Å².